The molecule has 2 heterocycles. The Morgan fingerprint density at radius 2 is 2.14 bits per heavy atom. The Hall–Kier alpha value is -1.36. The maximum absolute atomic E-state index is 12.4. The Bertz CT molecular complexity index is 574. The third-order valence-electron chi connectivity index (χ3n) is 3.66. The van der Waals surface area contributed by atoms with E-state index in [-0.39, 0.29) is 12.1 Å². The number of aromatic nitrogens is 1. The Morgan fingerprint density at radius 1 is 1.43 bits per heavy atom. The van der Waals surface area contributed by atoms with E-state index >= 15 is 0 Å². The van der Waals surface area contributed by atoms with Crippen molar-refractivity contribution in [2.75, 3.05) is 6.54 Å². The summed E-state index contributed by atoms with van der Waals surface area (Å²) in [5, 5.41) is 0. The molecule has 1 aromatic heterocycles. The van der Waals surface area contributed by atoms with Crippen molar-refractivity contribution in [2.24, 2.45) is 0 Å². The van der Waals surface area contributed by atoms with Gasteiger partial charge in [0.05, 0.1) is 6.04 Å². The Balaban J connectivity index is 2.26. The predicted molar refractivity (Wildman–Crippen MR) is 85.9 cm³/mol. The van der Waals surface area contributed by atoms with Crippen LogP contribution in [0.25, 0.3) is 0 Å². The summed E-state index contributed by atoms with van der Waals surface area (Å²) in [6.45, 7) is 8.48. The zero-order valence-corrected chi connectivity index (χ0v) is 14.0. The number of aromatic amines is 1. The molecule has 0 bridgehead atoms. The topological polar surface area (TPSA) is 45.3 Å². The van der Waals surface area contributed by atoms with Gasteiger partial charge in [-0.25, -0.2) is 4.79 Å². The number of nitrogens with one attached hydrogen (secondary N) is 1. The molecule has 1 aliphatic rings. The number of piperidine rings is 1. The molecule has 4 nitrogen and oxygen atoms in total. The van der Waals surface area contributed by atoms with Crippen molar-refractivity contribution >= 4 is 18.3 Å². The van der Waals surface area contributed by atoms with Crippen LogP contribution >= 0.6 is 12.2 Å². The number of H-pyrrole nitrogens is 1. The number of hydrogen-bond acceptors (Lipinski definition) is 3. The van der Waals surface area contributed by atoms with Crippen molar-refractivity contribution in [2.45, 2.75) is 58.6 Å². The van der Waals surface area contributed by atoms with Crippen molar-refractivity contribution in [1.29, 1.82) is 0 Å². The highest BCUT2D eigenvalue weighted by molar-refractivity contribution is 7.71. The van der Waals surface area contributed by atoms with Crippen molar-refractivity contribution in [3.05, 3.63) is 28.0 Å². The van der Waals surface area contributed by atoms with Gasteiger partial charge in [0.15, 0.2) is 0 Å². The van der Waals surface area contributed by atoms with E-state index in [1.165, 1.54) is 0 Å². The van der Waals surface area contributed by atoms with Gasteiger partial charge < -0.3 is 14.6 Å². The first kappa shape index (κ1) is 16.0. The number of carbonyl (C=O) groups excluding carboxylic acids is 1. The lowest BCUT2D eigenvalue weighted by atomic mass is 9.94. The third-order valence-corrected chi connectivity index (χ3v) is 3.90. The molecule has 1 unspecified atom stereocenters. The lowest BCUT2D eigenvalue weighted by Crippen LogP contribution is -2.42. The van der Waals surface area contributed by atoms with Gasteiger partial charge in [0.2, 0.25) is 0 Å². The zero-order valence-electron chi connectivity index (χ0n) is 13.2. The maximum atomic E-state index is 12.4. The number of rotatable bonds is 1. The van der Waals surface area contributed by atoms with Gasteiger partial charge in [-0.15, -0.1) is 0 Å². The van der Waals surface area contributed by atoms with Gasteiger partial charge >= 0.3 is 6.09 Å². The summed E-state index contributed by atoms with van der Waals surface area (Å²) in [5.74, 6) is 0. The van der Waals surface area contributed by atoms with Crippen LogP contribution < -0.4 is 0 Å². The number of carbonyl (C=O) groups is 1. The normalized spacial score (nSPS) is 19.4. The Kier molecular flexibility index (Phi) is 4.71. The van der Waals surface area contributed by atoms with Crippen LogP contribution in [0.15, 0.2) is 12.3 Å². The molecular formula is C16H24N2O2S. The molecule has 5 heteroatoms. The number of likely N-dealkylation sites (tertiary alicyclic amines) is 1. The predicted octanol–water partition coefficient (Wildman–Crippen LogP) is 4.51. The van der Waals surface area contributed by atoms with Gasteiger partial charge in [0.25, 0.3) is 0 Å². The fraction of sp³-hybridized carbons (Fsp3) is 0.625. The van der Waals surface area contributed by atoms with Crippen LogP contribution in [0.5, 0.6) is 0 Å². The number of ether oxygens (including phenoxy) is 1. The second kappa shape index (κ2) is 6.18. The molecule has 0 spiro atoms. The molecule has 0 saturated carbocycles. The van der Waals surface area contributed by atoms with Crippen LogP contribution in [-0.2, 0) is 4.74 Å². The molecule has 0 aromatic carbocycles. The molecule has 1 fully saturated rings. The molecule has 1 atom stereocenters. The van der Waals surface area contributed by atoms with E-state index in [0.29, 0.717) is 0 Å². The lowest BCUT2D eigenvalue weighted by molar-refractivity contribution is 0.00942. The summed E-state index contributed by atoms with van der Waals surface area (Å²) in [6.07, 6.45) is 4.82. The molecule has 116 valence electrons. The number of hydrogen-bond donors (Lipinski definition) is 1. The molecule has 0 aliphatic carbocycles. The highest BCUT2D eigenvalue weighted by Gasteiger charge is 2.32. The molecule has 1 N–H and O–H groups in total. The fourth-order valence-corrected chi connectivity index (χ4v) is 2.97. The van der Waals surface area contributed by atoms with E-state index in [1.807, 2.05) is 44.9 Å². The van der Waals surface area contributed by atoms with Crippen LogP contribution in [0.4, 0.5) is 4.79 Å². The van der Waals surface area contributed by atoms with Crippen molar-refractivity contribution in [3.63, 3.8) is 0 Å². The first-order chi connectivity index (χ1) is 9.78. The summed E-state index contributed by atoms with van der Waals surface area (Å²) >= 11 is 5.15. The minimum Gasteiger partial charge on any atom is -0.444 e. The molecule has 1 aromatic rings. The van der Waals surface area contributed by atoms with Crippen LogP contribution in [0.2, 0.25) is 0 Å². The van der Waals surface area contributed by atoms with Gasteiger partial charge in [0, 0.05) is 12.7 Å². The Morgan fingerprint density at radius 3 is 2.76 bits per heavy atom. The summed E-state index contributed by atoms with van der Waals surface area (Å²) in [4.78, 5) is 17.4. The van der Waals surface area contributed by atoms with Crippen LogP contribution in [-0.4, -0.2) is 28.1 Å². The van der Waals surface area contributed by atoms with E-state index in [0.717, 1.165) is 41.6 Å². The monoisotopic (exact) mass is 308 g/mol. The summed E-state index contributed by atoms with van der Waals surface area (Å²) in [7, 11) is 0. The second-order valence-electron chi connectivity index (χ2n) is 6.62. The average Bonchev–Trinajstić information content (AvgIpc) is 2.37. The molecule has 1 saturated heterocycles. The maximum Gasteiger partial charge on any atom is 0.410 e. The molecule has 21 heavy (non-hydrogen) atoms. The Labute approximate surface area is 131 Å². The average molecular weight is 308 g/mol. The molecule has 1 aliphatic heterocycles. The molecule has 2 rings (SSSR count). The number of pyridine rings is 1. The van der Waals surface area contributed by atoms with E-state index < -0.39 is 5.60 Å². The standard InChI is InChI=1S/C16H24N2O2S/c1-11-9-14(21)17-10-12(11)13-7-5-6-8-18(13)15(19)20-16(2,3)4/h9-10,13H,5-8H2,1-4H3,(H,17,21). The van der Waals surface area contributed by atoms with Gasteiger partial charge in [-0.2, -0.15) is 0 Å². The zero-order chi connectivity index (χ0) is 15.6. The number of nitrogens with zero attached hydrogens (tertiary/aromatic N) is 1. The van der Waals surface area contributed by atoms with Crippen molar-refractivity contribution in [3.8, 4) is 0 Å². The largest absolute Gasteiger partial charge is 0.444 e. The molecule has 1 amide bonds. The van der Waals surface area contributed by atoms with Gasteiger partial charge in [-0.05, 0) is 64.2 Å². The van der Waals surface area contributed by atoms with Crippen LogP contribution in [0, 0.1) is 11.6 Å². The molecular weight excluding hydrogens is 284 g/mol. The quantitative estimate of drug-likeness (QED) is 0.776. The summed E-state index contributed by atoms with van der Waals surface area (Å²) in [6, 6.07) is 2.02. The van der Waals surface area contributed by atoms with Gasteiger partial charge in [-0.3, -0.25) is 0 Å². The first-order valence-corrected chi connectivity index (χ1v) is 7.87. The van der Waals surface area contributed by atoms with Gasteiger partial charge in [0.1, 0.15) is 10.2 Å². The first-order valence-electron chi connectivity index (χ1n) is 7.47. The fourth-order valence-electron chi connectivity index (χ4n) is 2.74. The molecule has 0 radical (unpaired) electrons. The van der Waals surface area contributed by atoms with Crippen LogP contribution in [0.1, 0.15) is 57.2 Å². The van der Waals surface area contributed by atoms with E-state index in [2.05, 4.69) is 4.98 Å². The van der Waals surface area contributed by atoms with E-state index in [9.17, 15) is 4.79 Å². The van der Waals surface area contributed by atoms with E-state index in [4.69, 9.17) is 17.0 Å². The minimum absolute atomic E-state index is 0.0699. The summed E-state index contributed by atoms with van der Waals surface area (Å²) < 4.78 is 6.27. The minimum atomic E-state index is -0.468. The third kappa shape index (κ3) is 4.06. The van der Waals surface area contributed by atoms with Crippen LogP contribution in [0.3, 0.4) is 0 Å². The highest BCUT2D eigenvalue weighted by atomic mass is 32.1. The summed E-state index contributed by atoms with van der Waals surface area (Å²) in [5.41, 5.74) is 1.79. The highest BCUT2D eigenvalue weighted by Crippen LogP contribution is 2.33. The number of aryl methyl sites for hydroxylation is 1. The second-order valence-corrected chi connectivity index (χ2v) is 7.06. The smallest absolute Gasteiger partial charge is 0.410 e. The van der Waals surface area contributed by atoms with Crippen molar-refractivity contribution in [1.82, 2.24) is 9.88 Å². The van der Waals surface area contributed by atoms with Gasteiger partial charge in [-0.1, -0.05) is 12.2 Å². The van der Waals surface area contributed by atoms with E-state index in [1.54, 1.807) is 0 Å². The lowest BCUT2D eigenvalue weighted by Gasteiger charge is -2.37. The van der Waals surface area contributed by atoms with Crippen molar-refractivity contribution < 1.29 is 9.53 Å². The number of amides is 1. The SMILES string of the molecule is Cc1cc(=S)[nH]cc1C1CCCCN1C(=O)OC(C)(C)C.